The summed E-state index contributed by atoms with van der Waals surface area (Å²) in [6.07, 6.45) is 0. The quantitative estimate of drug-likeness (QED) is 0.640. The molecular weight excluding hydrogens is 372 g/mol. The first-order chi connectivity index (χ1) is 14.0. The fourth-order valence-corrected chi connectivity index (χ4v) is 2.86. The van der Waals surface area contributed by atoms with E-state index in [2.05, 4.69) is 20.6 Å². The molecule has 2 heterocycles. The van der Waals surface area contributed by atoms with Crippen molar-refractivity contribution in [3.05, 3.63) is 65.5 Å². The smallest absolute Gasteiger partial charge is 0.274 e. The Kier molecular flexibility index (Phi) is 4.82. The van der Waals surface area contributed by atoms with Gasteiger partial charge in [-0.15, -0.1) is 0 Å². The highest BCUT2D eigenvalue weighted by molar-refractivity contribution is 6.04. The minimum absolute atomic E-state index is 0.0748. The number of ketones is 1. The average molecular weight is 390 g/mol. The third-order valence-electron chi connectivity index (χ3n) is 4.24. The van der Waals surface area contributed by atoms with Gasteiger partial charge < -0.3 is 20.1 Å². The van der Waals surface area contributed by atoms with Crippen LogP contribution in [0.1, 0.15) is 33.5 Å². The van der Waals surface area contributed by atoms with Crippen LogP contribution in [0.3, 0.4) is 0 Å². The predicted octanol–water partition coefficient (Wildman–Crippen LogP) is 3.71. The summed E-state index contributed by atoms with van der Waals surface area (Å²) in [6, 6.07) is 13.7. The molecule has 146 valence electrons. The van der Waals surface area contributed by atoms with E-state index in [1.165, 1.54) is 6.92 Å². The first-order valence-corrected chi connectivity index (χ1v) is 8.93. The van der Waals surface area contributed by atoms with Gasteiger partial charge in [0.2, 0.25) is 12.7 Å². The van der Waals surface area contributed by atoms with Crippen molar-refractivity contribution in [2.24, 2.45) is 0 Å². The Morgan fingerprint density at radius 2 is 1.79 bits per heavy atom. The molecule has 1 aliphatic heterocycles. The molecule has 0 aliphatic carbocycles. The van der Waals surface area contributed by atoms with Gasteiger partial charge >= 0.3 is 0 Å². The van der Waals surface area contributed by atoms with Crippen molar-refractivity contribution >= 4 is 29.0 Å². The maximum Gasteiger partial charge on any atom is 0.274 e. The maximum absolute atomic E-state index is 12.7. The van der Waals surface area contributed by atoms with Crippen molar-refractivity contribution in [2.75, 3.05) is 17.4 Å². The number of ether oxygens (including phenoxy) is 2. The van der Waals surface area contributed by atoms with Gasteiger partial charge in [-0.1, -0.05) is 12.1 Å². The summed E-state index contributed by atoms with van der Waals surface area (Å²) in [5, 5.41) is 5.84. The molecule has 0 unspecified atom stereocenters. The van der Waals surface area contributed by atoms with Crippen molar-refractivity contribution in [1.29, 1.82) is 0 Å². The van der Waals surface area contributed by atoms with Gasteiger partial charge in [0, 0.05) is 28.7 Å². The van der Waals surface area contributed by atoms with Crippen LogP contribution < -0.4 is 20.1 Å². The van der Waals surface area contributed by atoms with E-state index in [1.54, 1.807) is 49.4 Å². The zero-order chi connectivity index (χ0) is 20.4. The number of anilines is 3. The summed E-state index contributed by atoms with van der Waals surface area (Å²) in [7, 11) is 0. The number of Topliss-reactive ketones (excluding diaryl/α,β-unsaturated/α-hetero) is 1. The Morgan fingerprint density at radius 1 is 0.966 bits per heavy atom. The normalized spacial score (nSPS) is 11.8. The molecule has 0 saturated carbocycles. The minimum atomic E-state index is -0.398. The van der Waals surface area contributed by atoms with E-state index in [0.29, 0.717) is 34.1 Å². The van der Waals surface area contributed by atoms with Crippen LogP contribution in [-0.4, -0.2) is 28.5 Å². The zero-order valence-electron chi connectivity index (χ0n) is 15.9. The second kappa shape index (κ2) is 7.59. The molecule has 1 aromatic heterocycles. The largest absolute Gasteiger partial charge is 0.454 e. The molecule has 0 bridgehead atoms. The van der Waals surface area contributed by atoms with Crippen LogP contribution in [-0.2, 0) is 0 Å². The number of rotatable bonds is 5. The van der Waals surface area contributed by atoms with E-state index in [9.17, 15) is 9.59 Å². The monoisotopic (exact) mass is 390 g/mol. The average Bonchev–Trinajstić information content (AvgIpc) is 3.15. The molecule has 1 aliphatic rings. The number of nitrogens with one attached hydrogen (secondary N) is 2. The molecule has 0 saturated heterocycles. The number of aromatic nitrogens is 2. The Morgan fingerprint density at radius 3 is 2.62 bits per heavy atom. The van der Waals surface area contributed by atoms with Gasteiger partial charge in [-0.3, -0.25) is 9.59 Å². The van der Waals surface area contributed by atoms with Crippen LogP contribution in [0.15, 0.2) is 48.5 Å². The summed E-state index contributed by atoms with van der Waals surface area (Å²) >= 11 is 0. The highest BCUT2D eigenvalue weighted by atomic mass is 16.7. The topological polar surface area (TPSA) is 102 Å². The van der Waals surface area contributed by atoms with Gasteiger partial charge in [0.05, 0.1) is 0 Å². The summed E-state index contributed by atoms with van der Waals surface area (Å²) in [5.41, 5.74) is 2.58. The van der Waals surface area contributed by atoms with Crippen molar-refractivity contribution in [1.82, 2.24) is 9.97 Å². The number of aryl methyl sites for hydroxylation is 1. The molecular formula is C21H18N4O4. The first kappa shape index (κ1) is 18.4. The van der Waals surface area contributed by atoms with E-state index >= 15 is 0 Å². The molecule has 8 heteroatoms. The van der Waals surface area contributed by atoms with Crippen LogP contribution in [0.25, 0.3) is 0 Å². The summed E-state index contributed by atoms with van der Waals surface area (Å²) in [5.74, 6) is 1.12. The maximum atomic E-state index is 12.7. The first-order valence-electron chi connectivity index (χ1n) is 8.93. The van der Waals surface area contributed by atoms with E-state index in [0.717, 1.165) is 0 Å². The number of carbonyl (C=O) groups is 2. The molecule has 8 nitrogen and oxygen atoms in total. The van der Waals surface area contributed by atoms with Crippen molar-refractivity contribution in [2.45, 2.75) is 13.8 Å². The van der Waals surface area contributed by atoms with Crippen LogP contribution in [0, 0.1) is 6.92 Å². The number of amides is 1. The van der Waals surface area contributed by atoms with Crippen molar-refractivity contribution in [3.63, 3.8) is 0 Å². The highest BCUT2D eigenvalue weighted by Gasteiger charge is 2.15. The predicted molar refractivity (Wildman–Crippen MR) is 107 cm³/mol. The Labute approximate surface area is 166 Å². The lowest BCUT2D eigenvalue weighted by atomic mass is 10.1. The molecule has 0 fully saturated rings. The number of fused-ring (bicyclic) bond motifs is 1. The lowest BCUT2D eigenvalue weighted by Gasteiger charge is -2.10. The molecule has 29 heavy (non-hydrogen) atoms. The molecule has 4 rings (SSSR count). The second-order valence-electron chi connectivity index (χ2n) is 6.50. The second-order valence-corrected chi connectivity index (χ2v) is 6.50. The lowest BCUT2D eigenvalue weighted by molar-refractivity contribution is 0.100. The van der Waals surface area contributed by atoms with Crippen LogP contribution in [0.4, 0.5) is 17.3 Å². The Balaban J connectivity index is 1.54. The Bertz CT molecular complexity index is 1110. The number of hydrogen-bond donors (Lipinski definition) is 2. The SMILES string of the molecule is CC(=O)c1cccc(NC(=O)c2cc(C)nc(Nc3ccc4c(c3)OCO4)n2)c1. The molecule has 1 amide bonds. The van der Waals surface area contributed by atoms with Crippen LogP contribution >= 0.6 is 0 Å². The van der Waals surface area contributed by atoms with Gasteiger partial charge in [0.25, 0.3) is 5.91 Å². The minimum Gasteiger partial charge on any atom is -0.454 e. The van der Waals surface area contributed by atoms with E-state index in [4.69, 9.17) is 9.47 Å². The summed E-state index contributed by atoms with van der Waals surface area (Å²) < 4.78 is 10.7. The van der Waals surface area contributed by atoms with Crippen LogP contribution in [0.5, 0.6) is 11.5 Å². The van der Waals surface area contributed by atoms with Crippen molar-refractivity contribution < 1.29 is 19.1 Å². The molecule has 2 N–H and O–H groups in total. The van der Waals surface area contributed by atoms with Crippen molar-refractivity contribution in [3.8, 4) is 11.5 Å². The van der Waals surface area contributed by atoms with E-state index in [-0.39, 0.29) is 24.2 Å². The van der Waals surface area contributed by atoms with Gasteiger partial charge in [-0.05, 0) is 44.2 Å². The van der Waals surface area contributed by atoms with Gasteiger partial charge in [-0.25, -0.2) is 9.97 Å². The third-order valence-corrected chi connectivity index (χ3v) is 4.24. The van der Waals surface area contributed by atoms with Crippen LogP contribution in [0.2, 0.25) is 0 Å². The number of carbonyl (C=O) groups excluding carboxylic acids is 2. The molecule has 2 aromatic carbocycles. The zero-order valence-corrected chi connectivity index (χ0v) is 15.9. The van der Waals surface area contributed by atoms with Gasteiger partial charge in [-0.2, -0.15) is 0 Å². The fourth-order valence-electron chi connectivity index (χ4n) is 2.86. The van der Waals surface area contributed by atoms with Gasteiger partial charge in [0.15, 0.2) is 17.3 Å². The molecule has 0 radical (unpaired) electrons. The van der Waals surface area contributed by atoms with E-state index < -0.39 is 5.91 Å². The van der Waals surface area contributed by atoms with E-state index in [1.807, 2.05) is 6.07 Å². The number of nitrogens with zero attached hydrogens (tertiary/aromatic N) is 2. The Hall–Kier alpha value is -3.94. The molecule has 3 aromatic rings. The summed E-state index contributed by atoms with van der Waals surface area (Å²) in [4.78, 5) is 32.8. The molecule has 0 atom stereocenters. The van der Waals surface area contributed by atoms with Gasteiger partial charge in [0.1, 0.15) is 5.69 Å². The lowest BCUT2D eigenvalue weighted by Crippen LogP contribution is -2.15. The highest BCUT2D eigenvalue weighted by Crippen LogP contribution is 2.34. The fraction of sp³-hybridized carbons (Fsp3) is 0.143. The number of benzene rings is 2. The summed E-state index contributed by atoms with van der Waals surface area (Å²) in [6.45, 7) is 3.44. The molecule has 0 spiro atoms. The number of hydrogen-bond acceptors (Lipinski definition) is 7. The standard InChI is InChI=1S/C21H18N4O4/c1-12-8-17(20(27)23-15-5-3-4-14(9-15)13(2)26)25-21(22-12)24-16-6-7-18-19(10-16)29-11-28-18/h3-10H,11H2,1-2H3,(H,23,27)(H,22,24,25). The third kappa shape index (κ3) is 4.16.